The van der Waals surface area contributed by atoms with Gasteiger partial charge in [0.15, 0.2) is 0 Å². The van der Waals surface area contributed by atoms with Crippen LogP contribution in [0.5, 0.6) is 0 Å². The predicted octanol–water partition coefficient (Wildman–Crippen LogP) is 15.0. The van der Waals surface area contributed by atoms with Crippen LogP contribution in [0.25, 0.3) is 115 Å². The van der Waals surface area contributed by atoms with Crippen molar-refractivity contribution in [2.75, 3.05) is 0 Å². The lowest BCUT2D eigenvalue weighted by Gasteiger charge is -2.20. The fourth-order valence-corrected chi connectivity index (χ4v) is 9.60. The summed E-state index contributed by atoms with van der Waals surface area (Å²) in [4.78, 5) is 0. The van der Waals surface area contributed by atoms with Gasteiger partial charge < -0.3 is 4.57 Å². The van der Waals surface area contributed by atoms with Gasteiger partial charge in [-0.1, -0.05) is 176 Å². The third kappa shape index (κ3) is 4.35. The van der Waals surface area contributed by atoms with Crippen molar-refractivity contribution in [3.8, 4) is 39.1 Å². The van der Waals surface area contributed by atoms with Crippen LogP contribution in [0, 0.1) is 0 Å². The highest BCUT2D eigenvalue weighted by atomic mass is 15.0. The van der Waals surface area contributed by atoms with E-state index in [0.717, 1.165) is 0 Å². The number of benzene rings is 11. The topological polar surface area (TPSA) is 4.93 Å². The van der Waals surface area contributed by atoms with Crippen LogP contribution in [-0.2, 0) is 0 Å². The second-order valence-corrected chi connectivity index (χ2v) is 14.8. The van der Waals surface area contributed by atoms with Gasteiger partial charge in [-0.15, -0.1) is 0 Å². The molecule has 0 amide bonds. The highest BCUT2D eigenvalue weighted by molar-refractivity contribution is 6.30. The van der Waals surface area contributed by atoms with E-state index in [4.69, 9.17) is 0 Å². The van der Waals surface area contributed by atoms with Gasteiger partial charge in [0.25, 0.3) is 0 Å². The predicted molar refractivity (Wildman–Crippen MR) is 236 cm³/mol. The van der Waals surface area contributed by atoms with E-state index in [9.17, 15) is 0 Å². The van der Waals surface area contributed by atoms with Gasteiger partial charge in [0.1, 0.15) is 0 Å². The average molecular weight is 696 g/mol. The zero-order chi connectivity index (χ0) is 36.0. The maximum atomic E-state index is 2.39. The maximum absolute atomic E-state index is 2.39. The monoisotopic (exact) mass is 695 g/mol. The van der Waals surface area contributed by atoms with E-state index in [1.54, 1.807) is 0 Å². The van der Waals surface area contributed by atoms with Crippen LogP contribution < -0.4 is 0 Å². The van der Waals surface area contributed by atoms with Gasteiger partial charge in [0.2, 0.25) is 0 Å². The fraction of sp³-hybridized carbons (Fsp3) is 0. The Morgan fingerprint density at radius 1 is 0.255 bits per heavy atom. The van der Waals surface area contributed by atoms with E-state index in [1.807, 2.05) is 0 Å². The van der Waals surface area contributed by atoms with Crippen LogP contribution in [0.3, 0.4) is 0 Å². The Morgan fingerprint density at radius 3 is 1.25 bits per heavy atom. The van der Waals surface area contributed by atoms with Crippen molar-refractivity contribution in [2.24, 2.45) is 0 Å². The Hall–Kier alpha value is -7.22. The Morgan fingerprint density at radius 2 is 0.691 bits per heavy atom. The Kier molecular flexibility index (Phi) is 6.40. The minimum Gasteiger partial charge on any atom is -0.309 e. The van der Waals surface area contributed by atoms with Crippen LogP contribution in [0.15, 0.2) is 200 Å². The standard InChI is InChI=1S/C54H33N/c1-2-12-35(13-3-1)51-42-16-4-6-18-44(42)54(45-19-7-5-17-43(45)51)48-33-27-37-25-31-46-39(30-24-36-26-32-47(48)53(37)52(36)46)34-22-28-38(29-23-34)55-49-20-10-8-14-40(49)41-15-9-11-21-50(41)55/h1-33H. The van der Waals surface area contributed by atoms with E-state index in [0.29, 0.717) is 0 Å². The average Bonchev–Trinajstić information content (AvgIpc) is 3.59. The maximum Gasteiger partial charge on any atom is 0.0541 e. The van der Waals surface area contributed by atoms with Crippen LogP contribution >= 0.6 is 0 Å². The quantitative estimate of drug-likeness (QED) is 0.128. The van der Waals surface area contributed by atoms with Gasteiger partial charge >= 0.3 is 0 Å². The molecule has 0 aliphatic heterocycles. The molecule has 1 nitrogen and oxygen atoms in total. The lowest BCUT2D eigenvalue weighted by molar-refractivity contribution is 1.18. The summed E-state index contributed by atoms with van der Waals surface area (Å²) in [5, 5.41) is 15.4. The number of para-hydroxylation sites is 2. The first-order chi connectivity index (χ1) is 27.3. The lowest BCUT2D eigenvalue weighted by atomic mass is 9.83. The van der Waals surface area contributed by atoms with Gasteiger partial charge in [-0.3, -0.25) is 0 Å². The molecule has 0 aliphatic carbocycles. The van der Waals surface area contributed by atoms with Crippen molar-refractivity contribution >= 4 is 75.7 Å². The molecule has 254 valence electrons. The smallest absolute Gasteiger partial charge is 0.0541 e. The van der Waals surface area contributed by atoms with Crippen molar-refractivity contribution in [1.29, 1.82) is 0 Å². The zero-order valence-electron chi connectivity index (χ0n) is 30.0. The molecule has 1 heterocycles. The van der Waals surface area contributed by atoms with Crippen molar-refractivity contribution in [1.82, 2.24) is 4.57 Å². The molecule has 1 heteroatoms. The number of fused-ring (bicyclic) bond motifs is 5. The van der Waals surface area contributed by atoms with Crippen molar-refractivity contribution in [2.45, 2.75) is 0 Å². The number of hydrogen-bond donors (Lipinski definition) is 0. The van der Waals surface area contributed by atoms with Crippen LogP contribution in [0.4, 0.5) is 0 Å². The molecule has 0 aliphatic rings. The molecule has 0 N–H and O–H groups in total. The molecule has 0 spiro atoms. The largest absolute Gasteiger partial charge is 0.309 e. The first kappa shape index (κ1) is 30.3. The molecule has 12 aromatic rings. The molecular weight excluding hydrogens is 663 g/mol. The molecular formula is C54H33N. The molecule has 55 heavy (non-hydrogen) atoms. The first-order valence-electron chi connectivity index (χ1n) is 19.1. The van der Waals surface area contributed by atoms with Gasteiger partial charge in [-0.05, 0) is 112 Å². The van der Waals surface area contributed by atoms with E-state index in [-0.39, 0.29) is 0 Å². The molecule has 0 bridgehead atoms. The van der Waals surface area contributed by atoms with E-state index < -0.39 is 0 Å². The van der Waals surface area contributed by atoms with Crippen LogP contribution in [-0.4, -0.2) is 4.57 Å². The van der Waals surface area contributed by atoms with Crippen LogP contribution in [0.1, 0.15) is 0 Å². The van der Waals surface area contributed by atoms with Gasteiger partial charge in [-0.2, -0.15) is 0 Å². The van der Waals surface area contributed by atoms with Crippen molar-refractivity contribution in [3.63, 3.8) is 0 Å². The highest BCUT2D eigenvalue weighted by Crippen LogP contribution is 2.48. The summed E-state index contributed by atoms with van der Waals surface area (Å²) in [7, 11) is 0. The summed E-state index contributed by atoms with van der Waals surface area (Å²) in [6.07, 6.45) is 0. The van der Waals surface area contributed by atoms with Crippen molar-refractivity contribution < 1.29 is 0 Å². The van der Waals surface area contributed by atoms with Crippen molar-refractivity contribution in [3.05, 3.63) is 200 Å². The number of rotatable bonds is 4. The lowest BCUT2D eigenvalue weighted by Crippen LogP contribution is -1.94. The molecule has 12 rings (SSSR count). The molecule has 0 atom stereocenters. The van der Waals surface area contributed by atoms with E-state index >= 15 is 0 Å². The van der Waals surface area contributed by atoms with E-state index in [1.165, 1.54) is 115 Å². The summed E-state index contributed by atoms with van der Waals surface area (Å²) >= 11 is 0. The minimum atomic E-state index is 1.17. The van der Waals surface area contributed by atoms with Gasteiger partial charge in [-0.25, -0.2) is 0 Å². The third-order valence-corrected chi connectivity index (χ3v) is 11.9. The van der Waals surface area contributed by atoms with E-state index in [2.05, 4.69) is 205 Å². The van der Waals surface area contributed by atoms with Crippen LogP contribution in [0.2, 0.25) is 0 Å². The van der Waals surface area contributed by atoms with Gasteiger partial charge in [0, 0.05) is 16.5 Å². The summed E-state index contributed by atoms with van der Waals surface area (Å²) in [6.45, 7) is 0. The summed E-state index contributed by atoms with van der Waals surface area (Å²) in [5.41, 5.74) is 11.2. The second kappa shape index (κ2) is 11.6. The molecule has 0 saturated heterocycles. The third-order valence-electron chi connectivity index (χ3n) is 11.9. The Balaban J connectivity index is 1.07. The minimum absolute atomic E-state index is 1.17. The van der Waals surface area contributed by atoms with Gasteiger partial charge in [0.05, 0.1) is 11.0 Å². The number of hydrogen-bond acceptors (Lipinski definition) is 0. The fourth-order valence-electron chi connectivity index (χ4n) is 9.60. The molecule has 0 saturated carbocycles. The second-order valence-electron chi connectivity index (χ2n) is 14.8. The summed E-state index contributed by atoms with van der Waals surface area (Å²) < 4.78 is 2.39. The normalized spacial score (nSPS) is 12.0. The molecule has 0 fully saturated rings. The summed E-state index contributed by atoms with van der Waals surface area (Å²) in [5.74, 6) is 0. The Bertz CT molecular complexity index is 3350. The zero-order valence-corrected chi connectivity index (χ0v) is 30.0. The summed E-state index contributed by atoms with van der Waals surface area (Å²) in [6, 6.07) is 74.0. The Labute approximate surface area is 318 Å². The molecule has 1 aromatic heterocycles. The SMILES string of the molecule is c1ccc(-c2c3ccccc3c(-c3ccc4ccc5c(-c6ccc(-n7c8ccccc8c8ccccc87)cc6)ccc6ccc3c4c65)c3ccccc23)cc1. The molecule has 0 radical (unpaired) electrons. The molecule has 0 unspecified atom stereocenters. The first-order valence-corrected chi connectivity index (χ1v) is 19.1. The number of nitrogens with zero attached hydrogens (tertiary/aromatic N) is 1. The number of aromatic nitrogens is 1. The molecule has 11 aromatic carbocycles. The highest BCUT2D eigenvalue weighted by Gasteiger charge is 2.20.